The van der Waals surface area contributed by atoms with Gasteiger partial charge < -0.3 is 23.9 Å². The summed E-state index contributed by atoms with van der Waals surface area (Å²) >= 11 is 6.61. The molecule has 2 N–H and O–H groups in total. The lowest BCUT2D eigenvalue weighted by molar-refractivity contribution is 0.0728. The first kappa shape index (κ1) is 32.2. The fourth-order valence-electron chi connectivity index (χ4n) is 5.46. The SMILES string of the molecule is CCOc1ccc(C(=O)Oc2ccc(C=NNC(=O)c3[nH]c4c(ccc5ccccc54)c3-c3ccccc3Cl)cc2OC)cc1OCC. The lowest BCUT2D eigenvalue weighted by Gasteiger charge is -2.13. The van der Waals surface area contributed by atoms with Crippen LogP contribution < -0.4 is 24.4 Å². The number of aromatic amines is 1. The summed E-state index contributed by atoms with van der Waals surface area (Å²) in [5, 5.41) is 7.62. The van der Waals surface area contributed by atoms with Crippen molar-refractivity contribution in [3.05, 3.63) is 119 Å². The molecule has 0 bridgehead atoms. The number of esters is 1. The van der Waals surface area contributed by atoms with Crippen molar-refractivity contribution in [2.75, 3.05) is 20.3 Å². The largest absolute Gasteiger partial charge is 0.493 e. The van der Waals surface area contributed by atoms with Crippen LogP contribution in [0.5, 0.6) is 23.0 Å². The third-order valence-corrected chi connectivity index (χ3v) is 7.95. The van der Waals surface area contributed by atoms with Crippen LogP contribution in [0.4, 0.5) is 0 Å². The quantitative estimate of drug-likeness (QED) is 0.0624. The van der Waals surface area contributed by atoms with Gasteiger partial charge in [-0.1, -0.05) is 66.2 Å². The van der Waals surface area contributed by atoms with E-state index in [2.05, 4.69) is 15.5 Å². The second kappa shape index (κ2) is 14.3. The first-order chi connectivity index (χ1) is 23.4. The van der Waals surface area contributed by atoms with E-state index < -0.39 is 11.9 Å². The Hall–Kier alpha value is -5.80. The maximum atomic E-state index is 13.6. The molecule has 0 atom stereocenters. The molecule has 0 aliphatic carbocycles. The summed E-state index contributed by atoms with van der Waals surface area (Å²) in [4.78, 5) is 29.9. The summed E-state index contributed by atoms with van der Waals surface area (Å²) in [6.45, 7) is 4.60. The molecule has 6 aromatic rings. The number of benzene rings is 5. The van der Waals surface area contributed by atoms with E-state index in [4.69, 9.17) is 30.5 Å². The summed E-state index contributed by atoms with van der Waals surface area (Å²) in [7, 11) is 1.47. The second-order valence-electron chi connectivity index (χ2n) is 10.6. The number of hydrazone groups is 1. The maximum Gasteiger partial charge on any atom is 0.343 e. The number of nitrogens with one attached hydrogen (secondary N) is 2. The highest BCUT2D eigenvalue weighted by Gasteiger charge is 2.22. The molecule has 0 aliphatic rings. The van der Waals surface area contributed by atoms with Crippen LogP contribution in [0.25, 0.3) is 32.8 Å². The number of rotatable bonds is 11. The van der Waals surface area contributed by atoms with Gasteiger partial charge in [0.05, 0.1) is 37.6 Å². The Kier molecular flexibility index (Phi) is 9.59. The van der Waals surface area contributed by atoms with Crippen molar-refractivity contribution in [1.29, 1.82) is 0 Å². The van der Waals surface area contributed by atoms with Gasteiger partial charge in [-0.2, -0.15) is 5.10 Å². The van der Waals surface area contributed by atoms with E-state index >= 15 is 0 Å². The summed E-state index contributed by atoms with van der Waals surface area (Å²) < 4.78 is 22.3. The number of hydrogen-bond donors (Lipinski definition) is 2. The van der Waals surface area contributed by atoms with Crippen LogP contribution in [0.2, 0.25) is 5.02 Å². The standard InChI is InChI=1S/C38H32ClN3O6/c1-4-46-30-19-16-25(21-33(30)47-5-2)38(44)48-31-18-14-23(20-32(31)45-3)22-40-42-37(43)36-34(27-12-8-9-13-29(27)39)28-17-15-24-10-6-7-11-26(24)35(28)41-36/h6-22,41H,4-5H2,1-3H3,(H,42,43). The Bertz CT molecular complexity index is 2170. The number of ether oxygens (including phenoxy) is 4. The molecule has 48 heavy (non-hydrogen) atoms. The zero-order chi connectivity index (χ0) is 33.6. The third-order valence-electron chi connectivity index (χ3n) is 7.62. The number of carbonyl (C=O) groups excluding carboxylic acids is 2. The van der Waals surface area contributed by atoms with Gasteiger partial charge in [-0.05, 0) is 67.3 Å². The molecule has 1 amide bonds. The lowest BCUT2D eigenvalue weighted by Crippen LogP contribution is -2.19. The predicted molar refractivity (Wildman–Crippen MR) is 188 cm³/mol. The Morgan fingerprint density at radius 2 is 1.56 bits per heavy atom. The predicted octanol–water partition coefficient (Wildman–Crippen LogP) is 8.43. The molecule has 0 unspecified atom stereocenters. The van der Waals surface area contributed by atoms with Gasteiger partial charge in [-0.15, -0.1) is 0 Å². The molecule has 0 saturated heterocycles. The molecule has 1 aromatic heterocycles. The van der Waals surface area contributed by atoms with E-state index in [0.717, 1.165) is 27.2 Å². The average molecular weight is 662 g/mol. The molecule has 9 nitrogen and oxygen atoms in total. The highest BCUT2D eigenvalue weighted by molar-refractivity contribution is 6.34. The smallest absolute Gasteiger partial charge is 0.343 e. The number of methoxy groups -OCH3 is 1. The zero-order valence-corrected chi connectivity index (χ0v) is 27.3. The molecule has 6 rings (SSSR count). The van der Waals surface area contributed by atoms with Gasteiger partial charge in [0.1, 0.15) is 5.69 Å². The minimum absolute atomic E-state index is 0.213. The van der Waals surface area contributed by atoms with E-state index in [9.17, 15) is 9.59 Å². The van der Waals surface area contributed by atoms with Crippen molar-refractivity contribution in [3.8, 4) is 34.1 Å². The summed E-state index contributed by atoms with van der Waals surface area (Å²) in [6, 6.07) is 29.2. The normalized spacial score (nSPS) is 11.2. The summed E-state index contributed by atoms with van der Waals surface area (Å²) in [6.07, 6.45) is 1.47. The Morgan fingerprint density at radius 1 is 0.812 bits per heavy atom. The Balaban J connectivity index is 1.23. The molecule has 10 heteroatoms. The third kappa shape index (κ3) is 6.54. The lowest BCUT2D eigenvalue weighted by atomic mass is 9.99. The molecule has 0 fully saturated rings. The van der Waals surface area contributed by atoms with Crippen molar-refractivity contribution >= 4 is 51.4 Å². The van der Waals surface area contributed by atoms with Gasteiger partial charge in [0.2, 0.25) is 0 Å². The molecular formula is C38H32ClN3O6. The zero-order valence-electron chi connectivity index (χ0n) is 26.5. The van der Waals surface area contributed by atoms with Gasteiger partial charge >= 0.3 is 5.97 Å². The van der Waals surface area contributed by atoms with E-state index in [1.54, 1.807) is 42.5 Å². The number of hydrogen-bond acceptors (Lipinski definition) is 7. The molecular weight excluding hydrogens is 630 g/mol. The molecule has 5 aromatic carbocycles. The van der Waals surface area contributed by atoms with Crippen LogP contribution in [-0.2, 0) is 0 Å². The van der Waals surface area contributed by atoms with Gasteiger partial charge in [0.15, 0.2) is 23.0 Å². The van der Waals surface area contributed by atoms with Crippen molar-refractivity contribution in [2.24, 2.45) is 5.10 Å². The van der Waals surface area contributed by atoms with Crippen LogP contribution in [0.1, 0.15) is 40.3 Å². The summed E-state index contributed by atoms with van der Waals surface area (Å²) in [5.74, 6) is 0.479. The highest BCUT2D eigenvalue weighted by atomic mass is 35.5. The number of nitrogens with zero attached hydrogens (tertiary/aromatic N) is 1. The summed E-state index contributed by atoms with van der Waals surface area (Å²) in [5.41, 5.74) is 6.08. The van der Waals surface area contributed by atoms with E-state index in [-0.39, 0.29) is 5.75 Å². The van der Waals surface area contributed by atoms with Crippen LogP contribution in [0.15, 0.2) is 102 Å². The number of aromatic nitrogens is 1. The fraction of sp³-hybridized carbons (Fsp3) is 0.132. The van der Waals surface area contributed by atoms with Gasteiger partial charge in [-0.3, -0.25) is 4.79 Å². The number of fused-ring (bicyclic) bond motifs is 3. The van der Waals surface area contributed by atoms with Gasteiger partial charge in [0.25, 0.3) is 5.91 Å². The van der Waals surface area contributed by atoms with Crippen LogP contribution >= 0.6 is 11.6 Å². The first-order valence-corrected chi connectivity index (χ1v) is 15.7. The van der Waals surface area contributed by atoms with E-state index in [0.29, 0.717) is 57.9 Å². The van der Waals surface area contributed by atoms with Gasteiger partial charge in [-0.25, -0.2) is 10.2 Å². The van der Waals surface area contributed by atoms with Crippen molar-refractivity contribution in [1.82, 2.24) is 10.4 Å². The number of halogens is 1. The second-order valence-corrected chi connectivity index (χ2v) is 11.0. The topological polar surface area (TPSA) is 111 Å². The molecule has 1 heterocycles. The van der Waals surface area contributed by atoms with Crippen molar-refractivity contribution < 1.29 is 28.5 Å². The Labute approximate surface area is 282 Å². The maximum absolute atomic E-state index is 13.6. The minimum Gasteiger partial charge on any atom is -0.493 e. The van der Waals surface area contributed by atoms with Crippen LogP contribution in [0, 0.1) is 0 Å². The molecule has 0 spiro atoms. The minimum atomic E-state index is -0.591. The monoisotopic (exact) mass is 661 g/mol. The van der Waals surface area contributed by atoms with Crippen LogP contribution in [0.3, 0.4) is 0 Å². The number of amides is 1. The van der Waals surface area contributed by atoms with Crippen molar-refractivity contribution in [3.63, 3.8) is 0 Å². The average Bonchev–Trinajstić information content (AvgIpc) is 3.50. The van der Waals surface area contributed by atoms with Crippen molar-refractivity contribution in [2.45, 2.75) is 13.8 Å². The number of H-pyrrole nitrogens is 1. The number of carbonyl (C=O) groups is 2. The fourth-order valence-corrected chi connectivity index (χ4v) is 5.69. The van der Waals surface area contributed by atoms with Gasteiger partial charge in [0, 0.05) is 26.9 Å². The molecule has 0 aliphatic heterocycles. The van der Waals surface area contributed by atoms with E-state index in [1.165, 1.54) is 13.3 Å². The van der Waals surface area contributed by atoms with E-state index in [1.807, 2.05) is 68.4 Å². The molecule has 242 valence electrons. The highest BCUT2D eigenvalue weighted by Crippen LogP contribution is 2.39. The molecule has 0 radical (unpaired) electrons. The van der Waals surface area contributed by atoms with Crippen LogP contribution in [-0.4, -0.2) is 43.4 Å². The first-order valence-electron chi connectivity index (χ1n) is 15.3. The Morgan fingerprint density at radius 3 is 2.35 bits per heavy atom. The molecule has 0 saturated carbocycles.